The van der Waals surface area contributed by atoms with E-state index in [0.29, 0.717) is 18.5 Å². The van der Waals surface area contributed by atoms with Gasteiger partial charge in [0.2, 0.25) is 10.0 Å². The van der Waals surface area contributed by atoms with E-state index in [2.05, 4.69) is 4.98 Å². The number of nitrogens with zero attached hydrogens (tertiary/aromatic N) is 3. The van der Waals surface area contributed by atoms with E-state index in [9.17, 15) is 16.8 Å². The molecule has 3 rings (SSSR count). The largest absolute Gasteiger partial charge is 0.290 e. The maximum Gasteiger partial charge on any atom is 0.211 e. The van der Waals surface area contributed by atoms with Gasteiger partial charge in [0, 0.05) is 25.5 Å². The van der Waals surface area contributed by atoms with Gasteiger partial charge in [-0.1, -0.05) is 6.07 Å². The Morgan fingerprint density at radius 3 is 2.45 bits per heavy atom. The molecule has 9 heteroatoms. The van der Waals surface area contributed by atoms with E-state index in [1.54, 1.807) is 35.0 Å². The molecule has 22 heavy (non-hydrogen) atoms. The molecule has 0 radical (unpaired) electrons. The van der Waals surface area contributed by atoms with Gasteiger partial charge in [-0.15, -0.1) is 0 Å². The third kappa shape index (κ3) is 2.64. The van der Waals surface area contributed by atoms with Crippen molar-refractivity contribution in [1.82, 2.24) is 13.7 Å². The number of imidazole rings is 1. The van der Waals surface area contributed by atoms with Crippen molar-refractivity contribution in [2.75, 3.05) is 19.3 Å². The molecule has 0 aromatic carbocycles. The highest BCUT2D eigenvalue weighted by molar-refractivity contribution is 7.92. The van der Waals surface area contributed by atoms with Crippen LogP contribution in [0.5, 0.6) is 0 Å². The lowest BCUT2D eigenvalue weighted by molar-refractivity contribution is 0.347. The zero-order valence-electron chi connectivity index (χ0n) is 12.1. The number of pyridine rings is 1. The molecule has 0 saturated carbocycles. The van der Waals surface area contributed by atoms with Crippen LogP contribution in [0.15, 0.2) is 35.6 Å². The summed E-state index contributed by atoms with van der Waals surface area (Å²) in [5, 5.41) is -0.362. The van der Waals surface area contributed by atoms with Crippen molar-refractivity contribution in [3.63, 3.8) is 0 Å². The van der Waals surface area contributed by atoms with E-state index in [1.807, 2.05) is 0 Å². The minimum absolute atomic E-state index is 0.209. The second-order valence-electron chi connectivity index (χ2n) is 5.43. The first kappa shape index (κ1) is 15.4. The molecule has 0 amide bonds. The van der Waals surface area contributed by atoms with E-state index in [0.717, 1.165) is 6.26 Å². The minimum atomic E-state index is -3.53. The van der Waals surface area contributed by atoms with Gasteiger partial charge < -0.3 is 0 Å². The van der Waals surface area contributed by atoms with Crippen LogP contribution in [-0.4, -0.2) is 55.1 Å². The van der Waals surface area contributed by atoms with Crippen LogP contribution in [0.3, 0.4) is 0 Å². The van der Waals surface area contributed by atoms with Crippen LogP contribution < -0.4 is 0 Å². The lowest BCUT2D eigenvalue weighted by atomic mass is 10.2. The fourth-order valence-electron chi connectivity index (χ4n) is 2.80. The lowest BCUT2D eigenvalue weighted by Gasteiger charge is -2.29. The van der Waals surface area contributed by atoms with Gasteiger partial charge >= 0.3 is 0 Å². The summed E-state index contributed by atoms with van der Waals surface area (Å²) in [6.45, 7) is 0.477. The fourth-order valence-corrected chi connectivity index (χ4v) is 5.54. The molecule has 0 N–H and O–H groups in total. The summed E-state index contributed by atoms with van der Waals surface area (Å²) >= 11 is 0. The zero-order chi connectivity index (χ0) is 16.0. The Labute approximate surface area is 129 Å². The number of fused-ring (bicyclic) bond motifs is 1. The van der Waals surface area contributed by atoms with E-state index < -0.39 is 25.1 Å². The summed E-state index contributed by atoms with van der Waals surface area (Å²) in [6.07, 6.45) is 4.93. The molecule has 7 nitrogen and oxygen atoms in total. The Morgan fingerprint density at radius 1 is 1.14 bits per heavy atom. The van der Waals surface area contributed by atoms with Gasteiger partial charge in [-0.05, 0) is 25.0 Å². The Kier molecular flexibility index (Phi) is 3.74. The SMILES string of the molecule is CS(=O)(=O)N1CCC(S(=O)(=O)c2cccc3nccn23)CC1. The first-order chi connectivity index (χ1) is 10.3. The molecule has 0 aliphatic carbocycles. The predicted octanol–water partition coefficient (Wildman–Crippen LogP) is 0.532. The van der Waals surface area contributed by atoms with Crippen LogP contribution in [0.4, 0.5) is 0 Å². The van der Waals surface area contributed by atoms with E-state index in [1.165, 1.54) is 4.31 Å². The number of aromatic nitrogens is 2. The van der Waals surface area contributed by atoms with Gasteiger partial charge in [-0.3, -0.25) is 4.40 Å². The van der Waals surface area contributed by atoms with Crippen LogP contribution >= 0.6 is 0 Å². The van der Waals surface area contributed by atoms with Crippen molar-refractivity contribution < 1.29 is 16.8 Å². The second-order valence-corrected chi connectivity index (χ2v) is 9.58. The highest BCUT2D eigenvalue weighted by Crippen LogP contribution is 2.26. The number of rotatable bonds is 3. The van der Waals surface area contributed by atoms with Gasteiger partial charge in [0.15, 0.2) is 9.84 Å². The molecule has 1 aliphatic heterocycles. The van der Waals surface area contributed by atoms with Crippen LogP contribution in [-0.2, 0) is 19.9 Å². The summed E-state index contributed by atoms with van der Waals surface area (Å²) in [5.74, 6) is 0. The van der Waals surface area contributed by atoms with Crippen molar-refractivity contribution >= 4 is 25.5 Å². The molecule has 3 heterocycles. The maximum absolute atomic E-state index is 12.8. The first-order valence-electron chi connectivity index (χ1n) is 6.91. The van der Waals surface area contributed by atoms with Gasteiger partial charge in [0.1, 0.15) is 10.7 Å². The molecule has 0 spiro atoms. The normalized spacial score (nSPS) is 18.8. The van der Waals surface area contributed by atoms with Crippen molar-refractivity contribution in [2.24, 2.45) is 0 Å². The van der Waals surface area contributed by atoms with Gasteiger partial charge in [-0.25, -0.2) is 26.1 Å². The van der Waals surface area contributed by atoms with E-state index in [-0.39, 0.29) is 18.1 Å². The molecule has 120 valence electrons. The number of piperidine rings is 1. The molecule has 0 bridgehead atoms. The highest BCUT2D eigenvalue weighted by Gasteiger charge is 2.34. The summed E-state index contributed by atoms with van der Waals surface area (Å²) in [5.41, 5.74) is 0.578. The summed E-state index contributed by atoms with van der Waals surface area (Å²) in [4.78, 5) is 4.09. The molecular formula is C13H17N3O4S2. The Bertz CT molecular complexity index is 894. The third-order valence-electron chi connectivity index (χ3n) is 3.99. The third-order valence-corrected chi connectivity index (χ3v) is 7.56. The molecule has 1 saturated heterocycles. The number of sulfonamides is 1. The lowest BCUT2D eigenvalue weighted by Crippen LogP contribution is -2.42. The molecule has 2 aromatic heterocycles. The quantitative estimate of drug-likeness (QED) is 0.811. The van der Waals surface area contributed by atoms with Crippen molar-refractivity contribution in [1.29, 1.82) is 0 Å². The van der Waals surface area contributed by atoms with Gasteiger partial charge in [0.25, 0.3) is 0 Å². The second kappa shape index (κ2) is 5.32. The van der Waals surface area contributed by atoms with E-state index >= 15 is 0 Å². The molecular weight excluding hydrogens is 326 g/mol. The number of hydrogen-bond acceptors (Lipinski definition) is 5. The van der Waals surface area contributed by atoms with Crippen LogP contribution in [0.25, 0.3) is 5.65 Å². The molecule has 0 unspecified atom stereocenters. The molecule has 2 aromatic rings. The van der Waals surface area contributed by atoms with Gasteiger partial charge in [0.05, 0.1) is 11.5 Å². The fraction of sp³-hybridized carbons (Fsp3) is 0.462. The highest BCUT2D eigenvalue weighted by atomic mass is 32.2. The minimum Gasteiger partial charge on any atom is -0.290 e. The standard InChI is InChI=1S/C13H17N3O4S2/c1-21(17,18)15-8-5-11(6-9-15)22(19,20)13-4-2-3-12-14-7-10-16(12)13/h2-4,7,10-11H,5-6,8-9H2,1H3. The topological polar surface area (TPSA) is 88.8 Å². The number of sulfone groups is 1. The summed E-state index contributed by atoms with van der Waals surface area (Å²) in [6, 6.07) is 4.97. The number of hydrogen-bond donors (Lipinski definition) is 0. The van der Waals surface area contributed by atoms with Crippen molar-refractivity contribution in [2.45, 2.75) is 23.1 Å². The molecule has 1 aliphatic rings. The summed E-state index contributed by atoms with van der Waals surface area (Å²) in [7, 11) is -6.79. The smallest absolute Gasteiger partial charge is 0.211 e. The van der Waals surface area contributed by atoms with Crippen LogP contribution in [0, 0.1) is 0 Å². The Morgan fingerprint density at radius 2 is 1.82 bits per heavy atom. The molecule has 0 atom stereocenters. The first-order valence-corrected chi connectivity index (χ1v) is 10.3. The molecule has 1 fully saturated rings. The Balaban J connectivity index is 1.90. The monoisotopic (exact) mass is 343 g/mol. The van der Waals surface area contributed by atoms with Crippen molar-refractivity contribution in [3.8, 4) is 0 Å². The summed E-state index contributed by atoms with van der Waals surface area (Å²) < 4.78 is 51.6. The van der Waals surface area contributed by atoms with Crippen LogP contribution in [0.2, 0.25) is 0 Å². The Hall–Kier alpha value is -1.45. The zero-order valence-corrected chi connectivity index (χ0v) is 13.7. The van der Waals surface area contributed by atoms with Gasteiger partial charge in [-0.2, -0.15) is 0 Å². The van der Waals surface area contributed by atoms with Crippen molar-refractivity contribution in [3.05, 3.63) is 30.6 Å². The predicted molar refractivity (Wildman–Crippen MR) is 81.8 cm³/mol. The average Bonchev–Trinajstić information content (AvgIpc) is 2.94. The average molecular weight is 343 g/mol. The maximum atomic E-state index is 12.8. The van der Waals surface area contributed by atoms with E-state index in [4.69, 9.17) is 0 Å². The van der Waals surface area contributed by atoms with Crippen LogP contribution in [0.1, 0.15) is 12.8 Å².